The van der Waals surface area contributed by atoms with Gasteiger partial charge in [0.05, 0.1) is 20.8 Å². The predicted octanol–water partition coefficient (Wildman–Crippen LogP) is 5.14. The lowest BCUT2D eigenvalue weighted by molar-refractivity contribution is 0.0977. The molecule has 0 radical (unpaired) electrons. The number of nitrogens with zero attached hydrogens (tertiary/aromatic N) is 2. The molecule has 5 nitrogen and oxygen atoms in total. The molecule has 2 aromatic heterocycles. The molecule has 0 unspecified atom stereocenters. The van der Waals surface area contributed by atoms with Gasteiger partial charge in [-0.05, 0) is 54.7 Å². The lowest BCUT2D eigenvalue weighted by atomic mass is 10.2. The molecule has 0 aliphatic carbocycles. The molecule has 4 rings (SSSR count). The van der Waals surface area contributed by atoms with Gasteiger partial charge >= 0.3 is 0 Å². The number of benzene rings is 2. The second-order valence-corrected chi connectivity index (χ2v) is 7.68. The van der Waals surface area contributed by atoms with Gasteiger partial charge in [-0.3, -0.25) is 15.1 Å². The van der Waals surface area contributed by atoms with Crippen LogP contribution in [0, 0.1) is 0 Å². The van der Waals surface area contributed by atoms with E-state index in [0.717, 1.165) is 20.8 Å². The van der Waals surface area contributed by atoms with Crippen LogP contribution in [0.25, 0.3) is 20.8 Å². The summed E-state index contributed by atoms with van der Waals surface area (Å²) in [7, 11) is 0. The number of pyridine rings is 1. The lowest BCUT2D eigenvalue weighted by Gasteiger charge is -2.11. The van der Waals surface area contributed by atoms with Crippen LogP contribution in [0.2, 0.25) is 5.02 Å². The number of thiocarbonyl (C=S) groups is 1. The van der Waals surface area contributed by atoms with Crippen LogP contribution in [0.5, 0.6) is 0 Å². The molecular weight excluding hydrogens is 412 g/mol. The van der Waals surface area contributed by atoms with Crippen LogP contribution >= 0.6 is 35.2 Å². The third kappa shape index (κ3) is 4.01. The molecule has 4 aromatic rings. The molecule has 0 aliphatic rings. The molecule has 0 fully saturated rings. The lowest BCUT2D eigenvalue weighted by Crippen LogP contribution is -2.34. The minimum absolute atomic E-state index is 0.187. The van der Waals surface area contributed by atoms with Crippen LogP contribution in [0.4, 0.5) is 5.69 Å². The fraction of sp³-hybridized carbons (Fsp3) is 0. The van der Waals surface area contributed by atoms with Crippen molar-refractivity contribution in [3.8, 4) is 10.6 Å². The van der Waals surface area contributed by atoms with Crippen molar-refractivity contribution in [3.05, 3.63) is 77.6 Å². The number of amides is 1. The van der Waals surface area contributed by atoms with Crippen LogP contribution in [-0.4, -0.2) is 21.0 Å². The average molecular weight is 425 g/mol. The zero-order chi connectivity index (χ0) is 19.5. The number of aromatic nitrogens is 2. The van der Waals surface area contributed by atoms with Crippen LogP contribution in [-0.2, 0) is 0 Å². The number of hydrogen-bond donors (Lipinski definition) is 2. The number of hydrogen-bond acceptors (Lipinski definition) is 5. The van der Waals surface area contributed by atoms with E-state index in [1.54, 1.807) is 41.8 Å². The molecule has 8 heteroatoms. The van der Waals surface area contributed by atoms with Gasteiger partial charge in [0.25, 0.3) is 5.91 Å². The molecule has 1 amide bonds. The highest BCUT2D eigenvalue weighted by atomic mass is 35.5. The average Bonchev–Trinajstić information content (AvgIpc) is 3.14. The fourth-order valence-corrected chi connectivity index (χ4v) is 4.06. The molecular formula is C20H13ClN4OS2. The SMILES string of the molecule is O=C(NC(=S)Nc1ccc(Cl)c(-c2nc3ccccc3s2)c1)c1cccnc1. The Hall–Kier alpha value is -2.87. The number of halogens is 1. The van der Waals surface area contributed by atoms with Crippen molar-refractivity contribution in [1.82, 2.24) is 15.3 Å². The normalized spacial score (nSPS) is 10.6. The zero-order valence-corrected chi connectivity index (χ0v) is 16.7. The summed E-state index contributed by atoms with van der Waals surface area (Å²) in [5, 5.41) is 7.25. The summed E-state index contributed by atoms with van der Waals surface area (Å²) in [4.78, 5) is 20.8. The highest BCUT2D eigenvalue weighted by molar-refractivity contribution is 7.80. The van der Waals surface area contributed by atoms with Crippen molar-refractivity contribution in [2.24, 2.45) is 0 Å². The van der Waals surface area contributed by atoms with E-state index in [0.29, 0.717) is 16.3 Å². The fourth-order valence-electron chi connectivity index (χ4n) is 2.59. The molecule has 0 bridgehead atoms. The van der Waals surface area contributed by atoms with Crippen molar-refractivity contribution in [1.29, 1.82) is 0 Å². The maximum absolute atomic E-state index is 12.2. The van der Waals surface area contributed by atoms with Crippen LogP contribution in [0.1, 0.15) is 10.4 Å². The van der Waals surface area contributed by atoms with Gasteiger partial charge in [0.1, 0.15) is 5.01 Å². The summed E-state index contributed by atoms with van der Waals surface area (Å²) in [5.41, 5.74) is 2.86. The first-order valence-electron chi connectivity index (χ1n) is 8.28. The maximum atomic E-state index is 12.2. The highest BCUT2D eigenvalue weighted by Crippen LogP contribution is 2.35. The van der Waals surface area contributed by atoms with Gasteiger partial charge in [-0.1, -0.05) is 23.7 Å². The van der Waals surface area contributed by atoms with Gasteiger partial charge in [0.15, 0.2) is 5.11 Å². The Bertz CT molecular complexity index is 1140. The van der Waals surface area contributed by atoms with Crippen LogP contribution < -0.4 is 10.6 Å². The number of carbonyl (C=O) groups is 1. The predicted molar refractivity (Wildman–Crippen MR) is 118 cm³/mol. The number of nitrogens with one attached hydrogen (secondary N) is 2. The van der Waals surface area contributed by atoms with Gasteiger partial charge in [0.2, 0.25) is 0 Å². The van der Waals surface area contributed by atoms with E-state index in [9.17, 15) is 4.79 Å². The van der Waals surface area contributed by atoms with Crippen molar-refractivity contribution in [3.63, 3.8) is 0 Å². The molecule has 0 aliphatic heterocycles. The Labute approximate surface area is 175 Å². The van der Waals surface area contributed by atoms with Crippen molar-refractivity contribution in [2.45, 2.75) is 0 Å². The topological polar surface area (TPSA) is 66.9 Å². The van der Waals surface area contributed by atoms with Gasteiger partial charge in [-0.25, -0.2) is 4.98 Å². The van der Waals surface area contributed by atoms with Crippen LogP contribution in [0.3, 0.4) is 0 Å². The molecule has 138 valence electrons. The number of rotatable bonds is 3. The molecule has 0 atom stereocenters. The van der Waals surface area contributed by atoms with Gasteiger partial charge in [-0.15, -0.1) is 11.3 Å². The maximum Gasteiger partial charge on any atom is 0.258 e. The second kappa shape index (κ2) is 8.02. The molecule has 28 heavy (non-hydrogen) atoms. The summed E-state index contributed by atoms with van der Waals surface area (Å²) in [5.74, 6) is -0.328. The molecule has 2 N–H and O–H groups in total. The third-order valence-corrected chi connectivity index (χ3v) is 5.50. The smallest absolute Gasteiger partial charge is 0.258 e. The summed E-state index contributed by atoms with van der Waals surface area (Å²) in [6.07, 6.45) is 3.08. The van der Waals surface area contributed by atoms with E-state index in [1.807, 2.05) is 30.3 Å². The minimum atomic E-state index is -0.328. The number of fused-ring (bicyclic) bond motifs is 1. The quantitative estimate of drug-likeness (QED) is 0.446. The standard InChI is InChI=1S/C20H13ClN4OS2/c21-15-8-7-13(23-20(27)25-18(26)12-4-3-9-22-11-12)10-14(15)19-24-16-5-1-2-6-17(16)28-19/h1-11H,(H2,23,25,26,27). The summed E-state index contributed by atoms with van der Waals surface area (Å²) >= 11 is 13.2. The Balaban J connectivity index is 1.53. The first-order chi connectivity index (χ1) is 13.6. The number of thiazole rings is 1. The summed E-state index contributed by atoms with van der Waals surface area (Å²) in [6.45, 7) is 0. The van der Waals surface area contributed by atoms with E-state index >= 15 is 0 Å². The van der Waals surface area contributed by atoms with E-state index in [2.05, 4.69) is 20.6 Å². The Morgan fingerprint density at radius 3 is 2.75 bits per heavy atom. The van der Waals surface area contributed by atoms with Gasteiger partial charge in [0, 0.05) is 23.6 Å². The molecule has 0 saturated heterocycles. The number of anilines is 1. The molecule has 2 aromatic carbocycles. The Morgan fingerprint density at radius 1 is 1.11 bits per heavy atom. The Kier molecular flexibility index (Phi) is 5.29. The summed E-state index contributed by atoms with van der Waals surface area (Å²) < 4.78 is 1.09. The van der Waals surface area contributed by atoms with Gasteiger partial charge < -0.3 is 5.32 Å². The zero-order valence-electron chi connectivity index (χ0n) is 14.3. The molecule has 0 saturated carbocycles. The number of para-hydroxylation sites is 1. The van der Waals surface area contributed by atoms with Crippen LogP contribution in [0.15, 0.2) is 67.0 Å². The van der Waals surface area contributed by atoms with Crippen molar-refractivity contribution in [2.75, 3.05) is 5.32 Å². The van der Waals surface area contributed by atoms with E-state index in [1.165, 1.54) is 6.20 Å². The molecule has 0 spiro atoms. The minimum Gasteiger partial charge on any atom is -0.332 e. The van der Waals surface area contributed by atoms with E-state index < -0.39 is 0 Å². The van der Waals surface area contributed by atoms with E-state index in [-0.39, 0.29) is 11.0 Å². The third-order valence-electron chi connectivity index (χ3n) is 3.90. The first kappa shape index (κ1) is 18.5. The monoisotopic (exact) mass is 424 g/mol. The number of carbonyl (C=O) groups excluding carboxylic acids is 1. The van der Waals surface area contributed by atoms with Crippen molar-refractivity contribution < 1.29 is 4.79 Å². The Morgan fingerprint density at radius 2 is 1.96 bits per heavy atom. The van der Waals surface area contributed by atoms with Crippen molar-refractivity contribution >= 4 is 62.1 Å². The second-order valence-electron chi connectivity index (χ2n) is 5.83. The highest BCUT2D eigenvalue weighted by Gasteiger charge is 2.12. The largest absolute Gasteiger partial charge is 0.332 e. The first-order valence-corrected chi connectivity index (χ1v) is 9.88. The summed E-state index contributed by atoms with van der Waals surface area (Å²) in [6, 6.07) is 16.7. The van der Waals surface area contributed by atoms with Gasteiger partial charge in [-0.2, -0.15) is 0 Å². The van der Waals surface area contributed by atoms with E-state index in [4.69, 9.17) is 23.8 Å². The molecule has 2 heterocycles.